The zero-order valence-electron chi connectivity index (χ0n) is 11.2. The Hall–Kier alpha value is -1.30. The monoisotopic (exact) mass is 332 g/mol. The molecule has 1 atom stereocenters. The molecule has 0 aromatic carbocycles. The molecule has 0 aliphatic carbocycles. The molecule has 1 N–H and O–H groups in total. The molecule has 0 saturated carbocycles. The zero-order valence-corrected chi connectivity index (χ0v) is 12.8. The Morgan fingerprint density at radius 2 is 2.25 bits per heavy atom. The van der Waals surface area contributed by atoms with E-state index < -0.39 is 0 Å². The van der Waals surface area contributed by atoms with Gasteiger partial charge in [-0.1, -0.05) is 6.07 Å². The van der Waals surface area contributed by atoms with Crippen molar-refractivity contribution in [1.29, 1.82) is 0 Å². The highest BCUT2D eigenvalue weighted by Gasteiger charge is 2.24. The van der Waals surface area contributed by atoms with E-state index in [2.05, 4.69) is 48.2 Å². The van der Waals surface area contributed by atoms with Crippen LogP contribution in [0.2, 0.25) is 0 Å². The summed E-state index contributed by atoms with van der Waals surface area (Å²) >= 11 is 3.42. The molecule has 0 radical (unpaired) electrons. The van der Waals surface area contributed by atoms with Gasteiger partial charge in [-0.05, 0) is 39.7 Å². The summed E-state index contributed by atoms with van der Waals surface area (Å²) in [5, 5.41) is 3.46. The second kappa shape index (κ2) is 6.43. The Labute approximate surface area is 127 Å². The lowest BCUT2D eigenvalue weighted by Gasteiger charge is -2.36. The third kappa shape index (κ3) is 3.23. The maximum absolute atomic E-state index is 4.48. The van der Waals surface area contributed by atoms with Crippen molar-refractivity contribution < 1.29 is 0 Å². The van der Waals surface area contributed by atoms with E-state index in [4.69, 9.17) is 0 Å². The molecule has 1 aliphatic rings. The average Bonchev–Trinajstić information content (AvgIpc) is 2.51. The molecule has 20 heavy (non-hydrogen) atoms. The fourth-order valence-corrected chi connectivity index (χ4v) is 2.78. The lowest BCUT2D eigenvalue weighted by molar-refractivity contribution is 0.151. The van der Waals surface area contributed by atoms with Gasteiger partial charge in [0.1, 0.15) is 0 Å². The van der Waals surface area contributed by atoms with Gasteiger partial charge in [-0.25, -0.2) is 0 Å². The first-order valence-electron chi connectivity index (χ1n) is 6.78. The lowest BCUT2D eigenvalue weighted by atomic mass is 10.1. The van der Waals surface area contributed by atoms with Crippen molar-refractivity contribution in [3.63, 3.8) is 0 Å². The maximum Gasteiger partial charge on any atom is 0.0545 e. The highest BCUT2D eigenvalue weighted by molar-refractivity contribution is 9.10. The van der Waals surface area contributed by atoms with Crippen molar-refractivity contribution in [3.8, 4) is 0 Å². The van der Waals surface area contributed by atoms with Crippen LogP contribution >= 0.6 is 15.9 Å². The summed E-state index contributed by atoms with van der Waals surface area (Å²) in [5.41, 5.74) is 2.36. The number of halogens is 1. The number of hydrogen-bond donors (Lipinski definition) is 1. The van der Waals surface area contributed by atoms with E-state index in [1.807, 2.05) is 30.7 Å². The Morgan fingerprint density at radius 1 is 1.30 bits per heavy atom. The SMILES string of the molecule is Brc1ccc(CN2CCNCC2c2cccnc2)nc1. The number of pyridine rings is 2. The highest BCUT2D eigenvalue weighted by atomic mass is 79.9. The summed E-state index contributed by atoms with van der Waals surface area (Å²) in [5.74, 6) is 0. The first kappa shape index (κ1) is 13.7. The Balaban J connectivity index is 1.77. The van der Waals surface area contributed by atoms with Crippen LogP contribution in [0.5, 0.6) is 0 Å². The predicted octanol–water partition coefficient (Wildman–Crippen LogP) is 2.39. The molecule has 0 amide bonds. The van der Waals surface area contributed by atoms with Crippen LogP contribution in [-0.2, 0) is 6.54 Å². The molecule has 1 unspecified atom stereocenters. The standard InChI is InChI=1S/C15H17BrN4/c16-13-3-4-14(19-9-13)11-20-7-6-18-10-15(20)12-2-1-5-17-8-12/h1-5,8-9,15,18H,6-7,10-11H2. The molecule has 3 heterocycles. The molecule has 1 saturated heterocycles. The minimum atomic E-state index is 0.364. The second-order valence-corrected chi connectivity index (χ2v) is 5.86. The summed E-state index contributed by atoms with van der Waals surface area (Å²) in [6.07, 6.45) is 5.64. The van der Waals surface area contributed by atoms with E-state index in [0.29, 0.717) is 6.04 Å². The van der Waals surface area contributed by atoms with E-state index in [0.717, 1.165) is 36.3 Å². The number of nitrogens with zero attached hydrogens (tertiary/aromatic N) is 3. The predicted molar refractivity (Wildman–Crippen MR) is 82.2 cm³/mol. The van der Waals surface area contributed by atoms with Crippen LogP contribution in [0.15, 0.2) is 47.3 Å². The zero-order chi connectivity index (χ0) is 13.8. The molecule has 3 rings (SSSR count). The van der Waals surface area contributed by atoms with Crippen LogP contribution in [0.3, 0.4) is 0 Å². The number of nitrogens with one attached hydrogen (secondary N) is 1. The third-order valence-corrected chi connectivity index (χ3v) is 4.05. The largest absolute Gasteiger partial charge is 0.314 e. The van der Waals surface area contributed by atoms with E-state index in [1.165, 1.54) is 5.56 Å². The van der Waals surface area contributed by atoms with Crippen molar-refractivity contribution in [2.45, 2.75) is 12.6 Å². The maximum atomic E-state index is 4.48. The van der Waals surface area contributed by atoms with Gasteiger partial charge >= 0.3 is 0 Å². The van der Waals surface area contributed by atoms with Gasteiger partial charge in [0, 0.05) is 55.3 Å². The van der Waals surface area contributed by atoms with Crippen LogP contribution in [0.25, 0.3) is 0 Å². The van der Waals surface area contributed by atoms with Gasteiger partial charge < -0.3 is 5.32 Å². The summed E-state index contributed by atoms with van der Waals surface area (Å²) < 4.78 is 1.02. The van der Waals surface area contributed by atoms with Crippen molar-refractivity contribution >= 4 is 15.9 Å². The molecule has 1 aliphatic heterocycles. The second-order valence-electron chi connectivity index (χ2n) is 4.94. The average molecular weight is 333 g/mol. The molecular weight excluding hydrogens is 316 g/mol. The van der Waals surface area contributed by atoms with Crippen molar-refractivity contribution in [3.05, 3.63) is 58.6 Å². The van der Waals surface area contributed by atoms with Crippen LogP contribution in [0, 0.1) is 0 Å². The molecular formula is C15H17BrN4. The number of aromatic nitrogens is 2. The van der Waals surface area contributed by atoms with E-state index in [-0.39, 0.29) is 0 Å². The van der Waals surface area contributed by atoms with Gasteiger partial charge in [-0.2, -0.15) is 0 Å². The van der Waals surface area contributed by atoms with Gasteiger partial charge in [-0.3, -0.25) is 14.9 Å². The number of piperazine rings is 1. The van der Waals surface area contributed by atoms with Crippen LogP contribution in [-0.4, -0.2) is 34.5 Å². The molecule has 0 bridgehead atoms. The molecule has 1 fully saturated rings. The smallest absolute Gasteiger partial charge is 0.0545 e. The molecule has 0 spiro atoms. The summed E-state index contributed by atoms with van der Waals surface area (Å²) in [6.45, 7) is 3.88. The molecule has 2 aromatic rings. The van der Waals surface area contributed by atoms with Gasteiger partial charge in [-0.15, -0.1) is 0 Å². The number of rotatable bonds is 3. The van der Waals surface area contributed by atoms with E-state index in [1.54, 1.807) is 0 Å². The highest BCUT2D eigenvalue weighted by Crippen LogP contribution is 2.23. The molecule has 4 nitrogen and oxygen atoms in total. The topological polar surface area (TPSA) is 41.0 Å². The van der Waals surface area contributed by atoms with Crippen LogP contribution < -0.4 is 5.32 Å². The van der Waals surface area contributed by atoms with Crippen LogP contribution in [0.4, 0.5) is 0 Å². The Bertz CT molecular complexity index is 544. The quantitative estimate of drug-likeness (QED) is 0.936. The van der Waals surface area contributed by atoms with Crippen LogP contribution in [0.1, 0.15) is 17.3 Å². The van der Waals surface area contributed by atoms with Crippen molar-refractivity contribution in [1.82, 2.24) is 20.2 Å². The Morgan fingerprint density at radius 3 is 3.00 bits per heavy atom. The van der Waals surface area contributed by atoms with Gasteiger partial charge in [0.05, 0.1) is 5.69 Å². The van der Waals surface area contributed by atoms with Gasteiger partial charge in [0.15, 0.2) is 0 Å². The first-order chi connectivity index (χ1) is 9.83. The first-order valence-corrected chi connectivity index (χ1v) is 7.57. The minimum absolute atomic E-state index is 0.364. The van der Waals surface area contributed by atoms with Gasteiger partial charge in [0.2, 0.25) is 0 Å². The van der Waals surface area contributed by atoms with E-state index in [9.17, 15) is 0 Å². The Kier molecular flexibility index (Phi) is 4.40. The lowest BCUT2D eigenvalue weighted by Crippen LogP contribution is -2.45. The number of hydrogen-bond acceptors (Lipinski definition) is 4. The van der Waals surface area contributed by atoms with Crippen molar-refractivity contribution in [2.75, 3.05) is 19.6 Å². The fourth-order valence-electron chi connectivity index (χ4n) is 2.55. The molecule has 104 valence electrons. The van der Waals surface area contributed by atoms with E-state index >= 15 is 0 Å². The molecule has 5 heteroatoms. The summed E-state index contributed by atoms with van der Waals surface area (Å²) in [6, 6.07) is 8.63. The normalized spacial score (nSPS) is 19.9. The fraction of sp³-hybridized carbons (Fsp3) is 0.333. The summed E-state index contributed by atoms with van der Waals surface area (Å²) in [4.78, 5) is 11.2. The summed E-state index contributed by atoms with van der Waals surface area (Å²) in [7, 11) is 0. The van der Waals surface area contributed by atoms with Gasteiger partial charge in [0.25, 0.3) is 0 Å². The minimum Gasteiger partial charge on any atom is -0.314 e. The third-order valence-electron chi connectivity index (χ3n) is 3.58. The molecule has 2 aromatic heterocycles. The van der Waals surface area contributed by atoms with Crippen molar-refractivity contribution in [2.24, 2.45) is 0 Å².